The predicted molar refractivity (Wildman–Crippen MR) is 76.6 cm³/mol. The summed E-state index contributed by atoms with van der Waals surface area (Å²) in [5, 5.41) is 0. The normalized spacial score (nSPS) is 17.4. The lowest BCUT2D eigenvalue weighted by atomic mass is 10.2. The van der Waals surface area contributed by atoms with Gasteiger partial charge < -0.3 is 10.5 Å². The van der Waals surface area contributed by atoms with Crippen LogP contribution in [0.25, 0.3) is 0 Å². The topological polar surface area (TPSA) is 85.5 Å². The van der Waals surface area contributed by atoms with Crippen LogP contribution in [-0.2, 0) is 14.8 Å². The third kappa shape index (κ3) is 3.11. The van der Waals surface area contributed by atoms with Gasteiger partial charge in [-0.05, 0) is 37.8 Å². The number of anilines is 1. The second-order valence-corrected chi connectivity index (χ2v) is 6.93. The molecule has 1 aliphatic carbocycles. The van der Waals surface area contributed by atoms with Gasteiger partial charge in [0.15, 0.2) is 0 Å². The summed E-state index contributed by atoms with van der Waals surface area (Å²) in [5.41, 5.74) is 5.72. The number of methoxy groups -OCH3 is 1. The van der Waals surface area contributed by atoms with Crippen molar-refractivity contribution < 1.29 is 13.2 Å². The molecule has 112 valence electrons. The molecular formula is C13H21N3O3S. The van der Waals surface area contributed by atoms with E-state index in [4.69, 9.17) is 10.5 Å². The molecule has 6 nitrogen and oxygen atoms in total. The quantitative estimate of drug-likeness (QED) is 0.815. The fourth-order valence-electron chi connectivity index (χ4n) is 2.28. The maximum absolute atomic E-state index is 12.8. The lowest BCUT2D eigenvalue weighted by Crippen LogP contribution is -2.42. The Bertz CT molecular complexity index is 558. The van der Waals surface area contributed by atoms with Gasteiger partial charge in [-0.25, -0.2) is 13.4 Å². The number of rotatable bonds is 7. The van der Waals surface area contributed by atoms with E-state index >= 15 is 0 Å². The van der Waals surface area contributed by atoms with Crippen molar-refractivity contribution in [3.8, 4) is 0 Å². The van der Waals surface area contributed by atoms with E-state index in [0.717, 1.165) is 12.8 Å². The zero-order valence-corrected chi connectivity index (χ0v) is 12.6. The fraction of sp³-hybridized carbons (Fsp3) is 0.615. The summed E-state index contributed by atoms with van der Waals surface area (Å²) in [4.78, 5) is 3.94. The van der Waals surface area contributed by atoms with Crippen molar-refractivity contribution in [2.75, 3.05) is 26.0 Å². The van der Waals surface area contributed by atoms with Crippen LogP contribution in [0.3, 0.4) is 0 Å². The van der Waals surface area contributed by atoms with Crippen molar-refractivity contribution in [3.05, 3.63) is 18.3 Å². The molecule has 1 fully saturated rings. The van der Waals surface area contributed by atoms with Crippen molar-refractivity contribution in [3.63, 3.8) is 0 Å². The number of aromatic nitrogens is 1. The Morgan fingerprint density at radius 2 is 2.25 bits per heavy atom. The molecule has 1 saturated carbocycles. The maximum Gasteiger partial charge on any atom is 0.247 e. The van der Waals surface area contributed by atoms with Crippen LogP contribution in [0, 0.1) is 5.92 Å². The minimum absolute atomic E-state index is 0.0397. The lowest BCUT2D eigenvalue weighted by molar-refractivity contribution is 0.164. The first-order valence-corrected chi connectivity index (χ1v) is 8.13. The number of ether oxygens (including phenoxy) is 1. The SMILES string of the molecule is COCCN(C(C)C1CC1)S(=O)(=O)c1cccnc1N. The average molecular weight is 299 g/mol. The van der Waals surface area contributed by atoms with Crippen LogP contribution in [0.1, 0.15) is 19.8 Å². The van der Waals surface area contributed by atoms with Gasteiger partial charge in [-0.1, -0.05) is 0 Å². The first-order valence-electron chi connectivity index (χ1n) is 6.69. The van der Waals surface area contributed by atoms with Gasteiger partial charge in [0.2, 0.25) is 10.0 Å². The monoisotopic (exact) mass is 299 g/mol. The highest BCUT2D eigenvalue weighted by molar-refractivity contribution is 7.89. The molecular weight excluding hydrogens is 278 g/mol. The molecule has 2 N–H and O–H groups in total. The maximum atomic E-state index is 12.8. The van der Waals surface area contributed by atoms with Gasteiger partial charge in [0.1, 0.15) is 10.7 Å². The van der Waals surface area contributed by atoms with E-state index in [1.54, 1.807) is 13.2 Å². The number of hydrogen-bond donors (Lipinski definition) is 1. The van der Waals surface area contributed by atoms with Crippen LogP contribution in [0.2, 0.25) is 0 Å². The van der Waals surface area contributed by atoms with Gasteiger partial charge in [-0.15, -0.1) is 0 Å². The summed E-state index contributed by atoms with van der Waals surface area (Å²) in [7, 11) is -2.08. The van der Waals surface area contributed by atoms with Gasteiger partial charge in [-0.3, -0.25) is 0 Å². The highest BCUT2D eigenvalue weighted by Crippen LogP contribution is 2.37. The number of nitrogens with zero attached hydrogens (tertiary/aromatic N) is 2. The first kappa shape index (κ1) is 15.2. The van der Waals surface area contributed by atoms with Crippen LogP contribution in [0.15, 0.2) is 23.2 Å². The molecule has 1 aliphatic rings. The van der Waals surface area contributed by atoms with E-state index in [1.165, 1.54) is 16.6 Å². The summed E-state index contributed by atoms with van der Waals surface area (Å²) in [5.74, 6) is 0.470. The molecule has 1 unspecified atom stereocenters. The Morgan fingerprint density at radius 3 is 2.80 bits per heavy atom. The van der Waals surface area contributed by atoms with E-state index in [2.05, 4.69) is 4.98 Å². The van der Waals surface area contributed by atoms with E-state index in [-0.39, 0.29) is 16.8 Å². The lowest BCUT2D eigenvalue weighted by Gasteiger charge is -2.28. The highest BCUT2D eigenvalue weighted by atomic mass is 32.2. The molecule has 0 radical (unpaired) electrons. The van der Waals surface area contributed by atoms with Crippen LogP contribution in [0.4, 0.5) is 5.82 Å². The largest absolute Gasteiger partial charge is 0.383 e. The Hall–Kier alpha value is -1.18. The fourth-order valence-corrected chi connectivity index (χ4v) is 4.03. The van der Waals surface area contributed by atoms with Gasteiger partial charge in [0, 0.05) is 25.9 Å². The number of pyridine rings is 1. The average Bonchev–Trinajstić information content (AvgIpc) is 3.23. The molecule has 7 heteroatoms. The van der Waals surface area contributed by atoms with E-state index in [1.807, 2.05) is 6.92 Å². The van der Waals surface area contributed by atoms with Crippen molar-refractivity contribution in [1.82, 2.24) is 9.29 Å². The Kier molecular flexibility index (Phi) is 4.62. The Balaban J connectivity index is 2.33. The number of nitrogens with two attached hydrogens (primary N) is 1. The van der Waals surface area contributed by atoms with E-state index in [0.29, 0.717) is 19.1 Å². The molecule has 20 heavy (non-hydrogen) atoms. The summed E-state index contributed by atoms with van der Waals surface area (Å²) in [6, 6.07) is 3.03. The minimum atomic E-state index is -3.64. The zero-order chi connectivity index (χ0) is 14.8. The number of sulfonamides is 1. The smallest absolute Gasteiger partial charge is 0.247 e. The molecule has 1 aromatic heterocycles. The Morgan fingerprint density at radius 1 is 1.55 bits per heavy atom. The number of hydrogen-bond acceptors (Lipinski definition) is 5. The van der Waals surface area contributed by atoms with Crippen LogP contribution in [0.5, 0.6) is 0 Å². The summed E-state index contributed by atoms with van der Waals surface area (Å²) < 4.78 is 32.1. The summed E-state index contributed by atoms with van der Waals surface area (Å²) in [6.45, 7) is 2.62. The molecule has 0 aromatic carbocycles. The molecule has 0 spiro atoms. The van der Waals surface area contributed by atoms with Gasteiger partial charge >= 0.3 is 0 Å². The standard InChI is InChI=1S/C13H21N3O3S/c1-10(11-5-6-11)16(8-9-19-2)20(17,18)12-4-3-7-15-13(12)14/h3-4,7,10-11H,5-6,8-9H2,1-2H3,(H2,14,15). The molecule has 1 heterocycles. The van der Waals surface area contributed by atoms with Crippen LogP contribution < -0.4 is 5.73 Å². The third-order valence-corrected chi connectivity index (χ3v) is 5.69. The molecule has 0 amide bonds. The second kappa shape index (κ2) is 6.07. The van der Waals surface area contributed by atoms with Crippen molar-refractivity contribution in [1.29, 1.82) is 0 Å². The molecule has 1 atom stereocenters. The first-order chi connectivity index (χ1) is 9.48. The van der Waals surface area contributed by atoms with Crippen LogP contribution >= 0.6 is 0 Å². The minimum Gasteiger partial charge on any atom is -0.383 e. The van der Waals surface area contributed by atoms with Crippen molar-refractivity contribution in [2.45, 2.75) is 30.7 Å². The predicted octanol–water partition coefficient (Wildman–Crippen LogP) is 1.10. The zero-order valence-electron chi connectivity index (χ0n) is 11.8. The molecule has 0 saturated heterocycles. The van der Waals surface area contributed by atoms with E-state index < -0.39 is 10.0 Å². The summed E-state index contributed by atoms with van der Waals surface area (Å²) in [6.07, 6.45) is 3.63. The highest BCUT2D eigenvalue weighted by Gasteiger charge is 2.38. The Labute approximate surface area is 120 Å². The third-order valence-electron chi connectivity index (χ3n) is 3.66. The summed E-state index contributed by atoms with van der Waals surface area (Å²) >= 11 is 0. The molecule has 0 bridgehead atoms. The molecule has 1 aromatic rings. The van der Waals surface area contributed by atoms with E-state index in [9.17, 15) is 8.42 Å². The number of nitrogen functional groups attached to an aromatic ring is 1. The van der Waals surface area contributed by atoms with Gasteiger partial charge in [-0.2, -0.15) is 4.31 Å². The van der Waals surface area contributed by atoms with Gasteiger partial charge in [0.05, 0.1) is 6.61 Å². The van der Waals surface area contributed by atoms with Gasteiger partial charge in [0.25, 0.3) is 0 Å². The second-order valence-electron chi connectivity index (χ2n) is 5.07. The molecule has 0 aliphatic heterocycles. The van der Waals surface area contributed by atoms with Crippen molar-refractivity contribution in [2.24, 2.45) is 5.92 Å². The van der Waals surface area contributed by atoms with Crippen LogP contribution in [-0.4, -0.2) is 44.0 Å². The molecule has 2 rings (SSSR count). The van der Waals surface area contributed by atoms with Crippen molar-refractivity contribution >= 4 is 15.8 Å².